The molecule has 1 aromatic heterocycles. The second-order valence-electron chi connectivity index (χ2n) is 3.74. The molecule has 0 saturated heterocycles. The lowest BCUT2D eigenvalue weighted by atomic mass is 10.3. The summed E-state index contributed by atoms with van der Waals surface area (Å²) < 4.78 is 0. The number of rotatable bonds is 4. The molecule has 0 fully saturated rings. The van der Waals surface area contributed by atoms with Crippen LogP contribution in [0.1, 0.15) is 30.8 Å². The minimum atomic E-state index is 0. The molecule has 0 spiro atoms. The number of nitrogens with one attached hydrogen (secondary N) is 2. The molecule has 0 aliphatic rings. The van der Waals surface area contributed by atoms with Gasteiger partial charge in [-0.05, 0) is 20.3 Å². The number of guanidine groups is 1. The summed E-state index contributed by atoms with van der Waals surface area (Å²) in [4.78, 5) is 9.66. The van der Waals surface area contributed by atoms with E-state index in [0.717, 1.165) is 24.6 Å². The number of halogens is 1. The Morgan fingerprint density at radius 1 is 1.59 bits per heavy atom. The Hall–Kier alpha value is -0.370. The van der Waals surface area contributed by atoms with Crippen LogP contribution >= 0.6 is 35.3 Å². The van der Waals surface area contributed by atoms with E-state index in [4.69, 9.17) is 0 Å². The van der Waals surface area contributed by atoms with Crippen LogP contribution in [-0.4, -0.2) is 24.0 Å². The quantitative estimate of drug-likeness (QED) is 0.488. The summed E-state index contributed by atoms with van der Waals surface area (Å²) in [5, 5.41) is 6.61. The molecule has 1 unspecified atom stereocenters. The first-order valence-electron chi connectivity index (χ1n) is 5.53. The number of aliphatic imine (C=N–C) groups is 1. The zero-order valence-corrected chi connectivity index (χ0v) is 13.9. The van der Waals surface area contributed by atoms with E-state index in [1.54, 1.807) is 18.4 Å². The van der Waals surface area contributed by atoms with Crippen molar-refractivity contribution in [1.29, 1.82) is 0 Å². The molecule has 4 nitrogen and oxygen atoms in total. The third-order valence-electron chi connectivity index (χ3n) is 2.48. The SMILES string of the molecule is CCC(C)NC(=NC)NCc1scnc1C.I. The first kappa shape index (κ1) is 16.6. The fourth-order valence-electron chi connectivity index (χ4n) is 1.19. The Bertz CT molecular complexity index is 351. The Labute approximate surface area is 124 Å². The number of nitrogens with zero attached hydrogens (tertiary/aromatic N) is 2. The highest BCUT2D eigenvalue weighted by molar-refractivity contribution is 14.0. The van der Waals surface area contributed by atoms with Gasteiger partial charge in [-0.3, -0.25) is 4.99 Å². The maximum absolute atomic E-state index is 4.22. The van der Waals surface area contributed by atoms with Crippen molar-refractivity contribution in [3.63, 3.8) is 0 Å². The Balaban J connectivity index is 0.00000256. The van der Waals surface area contributed by atoms with Crippen molar-refractivity contribution < 1.29 is 0 Å². The van der Waals surface area contributed by atoms with Crippen LogP contribution in [0.15, 0.2) is 10.5 Å². The summed E-state index contributed by atoms with van der Waals surface area (Å²) in [6.45, 7) is 7.11. The predicted octanol–water partition coefficient (Wildman–Crippen LogP) is 2.53. The van der Waals surface area contributed by atoms with Crippen LogP contribution in [0.5, 0.6) is 0 Å². The molecule has 1 rings (SSSR count). The van der Waals surface area contributed by atoms with Gasteiger partial charge in [-0.2, -0.15) is 0 Å². The van der Waals surface area contributed by atoms with Gasteiger partial charge in [0.2, 0.25) is 0 Å². The van der Waals surface area contributed by atoms with Crippen LogP contribution in [0.4, 0.5) is 0 Å². The van der Waals surface area contributed by atoms with Crippen molar-refractivity contribution >= 4 is 41.3 Å². The average Bonchev–Trinajstić information content (AvgIpc) is 2.69. The van der Waals surface area contributed by atoms with Gasteiger partial charge in [0, 0.05) is 18.0 Å². The molecule has 0 bridgehead atoms. The number of hydrogen-bond acceptors (Lipinski definition) is 3. The van der Waals surface area contributed by atoms with E-state index < -0.39 is 0 Å². The lowest BCUT2D eigenvalue weighted by molar-refractivity contribution is 0.624. The molecule has 0 radical (unpaired) electrons. The lowest BCUT2D eigenvalue weighted by Gasteiger charge is -2.16. The van der Waals surface area contributed by atoms with E-state index in [1.165, 1.54) is 4.88 Å². The van der Waals surface area contributed by atoms with Crippen molar-refractivity contribution in [2.45, 2.75) is 39.8 Å². The van der Waals surface area contributed by atoms with Crippen LogP contribution in [0, 0.1) is 6.92 Å². The number of thiazole rings is 1. The number of aryl methyl sites for hydroxylation is 1. The van der Waals surface area contributed by atoms with Crippen molar-refractivity contribution in [2.24, 2.45) is 4.99 Å². The molecule has 6 heteroatoms. The summed E-state index contributed by atoms with van der Waals surface area (Å²) in [6, 6.07) is 0.439. The summed E-state index contributed by atoms with van der Waals surface area (Å²) in [7, 11) is 1.79. The molecule has 98 valence electrons. The van der Waals surface area contributed by atoms with Crippen LogP contribution in [0.25, 0.3) is 0 Å². The molecular weight excluding hydrogens is 347 g/mol. The topological polar surface area (TPSA) is 49.3 Å². The van der Waals surface area contributed by atoms with Gasteiger partial charge in [-0.1, -0.05) is 6.92 Å². The predicted molar refractivity (Wildman–Crippen MR) is 85.4 cm³/mol. The monoisotopic (exact) mass is 368 g/mol. The molecule has 0 aromatic carbocycles. The first-order valence-corrected chi connectivity index (χ1v) is 6.41. The molecule has 1 aromatic rings. The second kappa shape index (κ2) is 8.68. The first-order chi connectivity index (χ1) is 7.67. The van der Waals surface area contributed by atoms with Crippen molar-refractivity contribution in [3.8, 4) is 0 Å². The van der Waals surface area contributed by atoms with Gasteiger partial charge in [-0.15, -0.1) is 35.3 Å². The van der Waals surface area contributed by atoms with Gasteiger partial charge in [0.1, 0.15) is 0 Å². The average molecular weight is 368 g/mol. The highest BCUT2D eigenvalue weighted by Gasteiger charge is 2.05. The summed E-state index contributed by atoms with van der Waals surface area (Å²) in [6.07, 6.45) is 1.08. The van der Waals surface area contributed by atoms with Gasteiger partial charge in [0.25, 0.3) is 0 Å². The van der Waals surface area contributed by atoms with E-state index in [1.807, 2.05) is 12.4 Å². The molecule has 0 aliphatic heterocycles. The normalized spacial score (nSPS) is 12.8. The van der Waals surface area contributed by atoms with Crippen LogP contribution in [-0.2, 0) is 6.54 Å². The van der Waals surface area contributed by atoms with Gasteiger partial charge >= 0.3 is 0 Å². The second-order valence-corrected chi connectivity index (χ2v) is 4.68. The fraction of sp³-hybridized carbons (Fsp3) is 0.636. The summed E-state index contributed by atoms with van der Waals surface area (Å²) in [5.41, 5.74) is 2.97. The zero-order chi connectivity index (χ0) is 12.0. The maximum atomic E-state index is 4.22. The van der Waals surface area contributed by atoms with Crippen LogP contribution in [0.3, 0.4) is 0 Å². The highest BCUT2D eigenvalue weighted by Crippen LogP contribution is 2.10. The smallest absolute Gasteiger partial charge is 0.191 e. The van der Waals surface area contributed by atoms with Crippen molar-refractivity contribution in [2.75, 3.05) is 7.05 Å². The van der Waals surface area contributed by atoms with E-state index >= 15 is 0 Å². The van der Waals surface area contributed by atoms with E-state index in [2.05, 4.69) is 34.5 Å². The summed E-state index contributed by atoms with van der Waals surface area (Å²) >= 11 is 1.67. The molecule has 0 aliphatic carbocycles. The maximum Gasteiger partial charge on any atom is 0.191 e. The fourth-order valence-corrected chi connectivity index (χ4v) is 1.91. The van der Waals surface area contributed by atoms with Gasteiger partial charge < -0.3 is 10.6 Å². The van der Waals surface area contributed by atoms with Crippen LogP contribution in [0.2, 0.25) is 0 Å². The number of aromatic nitrogens is 1. The molecule has 0 saturated carbocycles. The minimum absolute atomic E-state index is 0. The van der Waals surface area contributed by atoms with E-state index in [0.29, 0.717) is 6.04 Å². The third kappa shape index (κ3) is 5.67. The van der Waals surface area contributed by atoms with E-state index in [-0.39, 0.29) is 24.0 Å². The molecule has 1 heterocycles. The Morgan fingerprint density at radius 3 is 2.76 bits per heavy atom. The van der Waals surface area contributed by atoms with Crippen molar-refractivity contribution in [3.05, 3.63) is 16.1 Å². The van der Waals surface area contributed by atoms with Gasteiger partial charge in [-0.25, -0.2) is 4.98 Å². The van der Waals surface area contributed by atoms with Crippen LogP contribution < -0.4 is 10.6 Å². The molecule has 0 amide bonds. The molecule has 17 heavy (non-hydrogen) atoms. The Morgan fingerprint density at radius 2 is 2.29 bits per heavy atom. The van der Waals surface area contributed by atoms with Gasteiger partial charge in [0.05, 0.1) is 17.7 Å². The molecule has 1 atom stereocenters. The van der Waals surface area contributed by atoms with Crippen molar-refractivity contribution in [1.82, 2.24) is 15.6 Å². The third-order valence-corrected chi connectivity index (χ3v) is 3.42. The lowest BCUT2D eigenvalue weighted by Crippen LogP contribution is -2.41. The molecule has 2 N–H and O–H groups in total. The van der Waals surface area contributed by atoms with Gasteiger partial charge in [0.15, 0.2) is 5.96 Å². The standard InChI is InChI=1S/C11H20N4S.HI/c1-5-8(2)15-11(12-4)13-6-10-9(3)14-7-16-10;/h7-8H,5-6H2,1-4H3,(H2,12,13,15);1H. The van der Waals surface area contributed by atoms with E-state index in [9.17, 15) is 0 Å². The minimum Gasteiger partial charge on any atom is -0.354 e. The number of hydrogen-bond donors (Lipinski definition) is 2. The zero-order valence-electron chi connectivity index (χ0n) is 10.8. The summed E-state index contributed by atoms with van der Waals surface area (Å²) in [5.74, 6) is 0.849. The largest absolute Gasteiger partial charge is 0.354 e. The highest BCUT2D eigenvalue weighted by atomic mass is 127. The Kier molecular flexibility index (Phi) is 8.49. The molecular formula is C11H21IN4S.